The molecule has 0 saturated carbocycles. The molecule has 110 valence electrons. The summed E-state index contributed by atoms with van der Waals surface area (Å²) < 4.78 is 0.945. The largest absolute Gasteiger partial charge is 0.477 e. The van der Waals surface area contributed by atoms with E-state index in [1.807, 2.05) is 13.0 Å². The van der Waals surface area contributed by atoms with Crippen LogP contribution in [0.15, 0.2) is 22.7 Å². The molecule has 1 aromatic heterocycles. The van der Waals surface area contributed by atoms with Crippen LogP contribution in [-0.4, -0.2) is 22.0 Å². The number of carboxylic acid groups (broad SMARTS) is 1. The van der Waals surface area contributed by atoms with Gasteiger partial charge in [0.1, 0.15) is 9.88 Å². The topological polar surface area (TPSA) is 79.3 Å². The van der Waals surface area contributed by atoms with E-state index in [9.17, 15) is 9.59 Å². The van der Waals surface area contributed by atoms with Gasteiger partial charge in [-0.1, -0.05) is 15.9 Å². The van der Waals surface area contributed by atoms with Crippen molar-refractivity contribution in [3.8, 4) is 0 Å². The summed E-state index contributed by atoms with van der Waals surface area (Å²) in [6.07, 6.45) is 0. The molecule has 0 aliphatic carbocycles. The third-order valence-electron chi connectivity index (χ3n) is 2.86. The van der Waals surface area contributed by atoms with Crippen molar-refractivity contribution in [1.29, 1.82) is 0 Å². The molecular formula is C14H13BrN2O3S. The molecule has 1 aromatic carbocycles. The van der Waals surface area contributed by atoms with Crippen molar-refractivity contribution in [1.82, 2.24) is 10.3 Å². The van der Waals surface area contributed by atoms with Crippen LogP contribution < -0.4 is 5.32 Å². The minimum absolute atomic E-state index is 0.207. The Kier molecular flexibility index (Phi) is 4.74. The van der Waals surface area contributed by atoms with E-state index in [-0.39, 0.29) is 17.3 Å². The van der Waals surface area contributed by atoms with Gasteiger partial charge in [-0.15, -0.1) is 11.3 Å². The molecule has 2 aromatic rings. The van der Waals surface area contributed by atoms with Crippen LogP contribution in [0.25, 0.3) is 0 Å². The second-order valence-corrected chi connectivity index (χ2v) is 6.41. The number of nitrogens with zero attached hydrogens (tertiary/aromatic N) is 1. The molecule has 0 aliphatic heterocycles. The number of aromatic carboxylic acids is 1. The minimum atomic E-state index is -0.994. The summed E-state index contributed by atoms with van der Waals surface area (Å²) in [5, 5.41) is 12.3. The molecule has 1 amide bonds. The number of amides is 1. The van der Waals surface area contributed by atoms with Crippen LogP contribution >= 0.6 is 27.3 Å². The second-order valence-electron chi connectivity index (χ2n) is 4.47. The normalized spacial score (nSPS) is 10.4. The SMILES string of the molecule is Cc1cc(C(=O)NCc2nc(C)c(C(=O)O)s2)ccc1Br. The summed E-state index contributed by atoms with van der Waals surface area (Å²) in [5.41, 5.74) is 2.00. The van der Waals surface area contributed by atoms with Gasteiger partial charge in [0.25, 0.3) is 5.91 Å². The highest BCUT2D eigenvalue weighted by molar-refractivity contribution is 9.10. The fourth-order valence-corrected chi connectivity index (χ4v) is 2.86. The monoisotopic (exact) mass is 368 g/mol. The standard InChI is InChI=1S/C14H13BrN2O3S/c1-7-5-9(3-4-10(7)15)13(18)16-6-11-17-8(2)12(21-11)14(19)20/h3-5H,6H2,1-2H3,(H,16,18)(H,19,20). The maximum absolute atomic E-state index is 12.0. The third-order valence-corrected chi connectivity index (χ3v) is 4.89. The predicted octanol–water partition coefficient (Wildman–Crippen LogP) is 3.15. The van der Waals surface area contributed by atoms with Crippen molar-refractivity contribution in [3.63, 3.8) is 0 Å². The van der Waals surface area contributed by atoms with Gasteiger partial charge >= 0.3 is 5.97 Å². The zero-order valence-electron chi connectivity index (χ0n) is 11.4. The Labute approximate surface area is 134 Å². The Morgan fingerprint density at radius 3 is 2.67 bits per heavy atom. The third kappa shape index (κ3) is 3.68. The molecule has 0 unspecified atom stereocenters. The number of halogens is 1. The lowest BCUT2D eigenvalue weighted by atomic mass is 10.1. The number of rotatable bonds is 4. The summed E-state index contributed by atoms with van der Waals surface area (Å²) in [6, 6.07) is 5.33. The smallest absolute Gasteiger partial charge is 0.347 e. The van der Waals surface area contributed by atoms with Gasteiger partial charge in [0.2, 0.25) is 0 Å². The van der Waals surface area contributed by atoms with Gasteiger partial charge < -0.3 is 10.4 Å². The first-order valence-electron chi connectivity index (χ1n) is 6.12. The fraction of sp³-hybridized carbons (Fsp3) is 0.214. The molecule has 0 atom stereocenters. The van der Waals surface area contributed by atoms with Crippen LogP contribution in [0, 0.1) is 13.8 Å². The number of hydrogen-bond donors (Lipinski definition) is 2. The highest BCUT2D eigenvalue weighted by Gasteiger charge is 2.14. The Morgan fingerprint density at radius 1 is 1.38 bits per heavy atom. The van der Waals surface area contributed by atoms with Crippen molar-refractivity contribution in [2.24, 2.45) is 0 Å². The van der Waals surface area contributed by atoms with Crippen LogP contribution in [-0.2, 0) is 6.54 Å². The first kappa shape index (κ1) is 15.7. The summed E-state index contributed by atoms with van der Waals surface area (Å²) in [6.45, 7) is 3.76. The second kappa shape index (κ2) is 6.36. The molecule has 0 fully saturated rings. The molecule has 0 aliphatic rings. The van der Waals surface area contributed by atoms with E-state index in [4.69, 9.17) is 5.11 Å². The molecule has 0 spiro atoms. The van der Waals surface area contributed by atoms with Gasteiger partial charge in [0, 0.05) is 10.0 Å². The first-order valence-corrected chi connectivity index (χ1v) is 7.73. The van der Waals surface area contributed by atoms with Crippen molar-refractivity contribution in [3.05, 3.63) is 49.4 Å². The van der Waals surface area contributed by atoms with Crippen LogP contribution in [0.5, 0.6) is 0 Å². The number of aromatic nitrogens is 1. The van der Waals surface area contributed by atoms with E-state index >= 15 is 0 Å². The van der Waals surface area contributed by atoms with E-state index in [0.29, 0.717) is 16.3 Å². The Balaban J connectivity index is 2.05. The first-order chi connectivity index (χ1) is 9.88. The molecule has 0 bridgehead atoms. The fourth-order valence-electron chi connectivity index (χ4n) is 1.77. The average molecular weight is 369 g/mol. The van der Waals surface area contributed by atoms with Crippen molar-refractivity contribution >= 4 is 39.1 Å². The Bertz CT molecular complexity index is 712. The molecule has 0 saturated heterocycles. The zero-order valence-corrected chi connectivity index (χ0v) is 13.8. The Morgan fingerprint density at radius 2 is 2.10 bits per heavy atom. The van der Waals surface area contributed by atoms with Crippen molar-refractivity contribution in [2.45, 2.75) is 20.4 Å². The predicted molar refractivity (Wildman–Crippen MR) is 83.9 cm³/mol. The number of hydrogen-bond acceptors (Lipinski definition) is 4. The highest BCUT2D eigenvalue weighted by Crippen LogP contribution is 2.19. The van der Waals surface area contributed by atoms with Crippen LogP contribution in [0.3, 0.4) is 0 Å². The molecule has 5 nitrogen and oxygen atoms in total. The van der Waals surface area contributed by atoms with Crippen LogP contribution in [0.1, 0.15) is 36.3 Å². The van der Waals surface area contributed by atoms with Crippen molar-refractivity contribution in [2.75, 3.05) is 0 Å². The number of carbonyl (C=O) groups excluding carboxylic acids is 1. The average Bonchev–Trinajstić information content (AvgIpc) is 2.80. The number of aryl methyl sites for hydroxylation is 2. The molecular weight excluding hydrogens is 356 g/mol. The van der Waals surface area contributed by atoms with Crippen LogP contribution in [0.2, 0.25) is 0 Å². The maximum atomic E-state index is 12.0. The zero-order chi connectivity index (χ0) is 15.6. The molecule has 2 rings (SSSR count). The van der Waals surface area contributed by atoms with Gasteiger partial charge in [-0.05, 0) is 37.6 Å². The number of carbonyl (C=O) groups is 2. The van der Waals surface area contributed by atoms with Gasteiger partial charge in [0.05, 0.1) is 12.2 Å². The van der Waals surface area contributed by atoms with Crippen molar-refractivity contribution < 1.29 is 14.7 Å². The van der Waals surface area contributed by atoms with E-state index in [0.717, 1.165) is 21.4 Å². The van der Waals surface area contributed by atoms with Gasteiger partial charge in [0.15, 0.2) is 0 Å². The van der Waals surface area contributed by atoms with Crippen LogP contribution in [0.4, 0.5) is 0 Å². The molecule has 2 N–H and O–H groups in total. The number of nitrogens with one attached hydrogen (secondary N) is 1. The molecule has 1 heterocycles. The van der Waals surface area contributed by atoms with Gasteiger partial charge in [-0.2, -0.15) is 0 Å². The quantitative estimate of drug-likeness (QED) is 0.868. The minimum Gasteiger partial charge on any atom is -0.477 e. The van der Waals surface area contributed by atoms with Gasteiger partial charge in [-0.3, -0.25) is 4.79 Å². The van der Waals surface area contributed by atoms with Gasteiger partial charge in [-0.25, -0.2) is 9.78 Å². The molecule has 0 radical (unpaired) electrons. The summed E-state index contributed by atoms with van der Waals surface area (Å²) in [5.74, 6) is -1.21. The lowest BCUT2D eigenvalue weighted by Crippen LogP contribution is -2.22. The summed E-state index contributed by atoms with van der Waals surface area (Å²) >= 11 is 4.46. The number of benzene rings is 1. The number of thiazole rings is 1. The number of carboxylic acids is 1. The molecule has 7 heteroatoms. The lowest BCUT2D eigenvalue weighted by Gasteiger charge is -2.05. The summed E-state index contributed by atoms with van der Waals surface area (Å²) in [7, 11) is 0. The van der Waals surface area contributed by atoms with E-state index in [1.165, 1.54) is 0 Å². The van der Waals surface area contributed by atoms with E-state index in [2.05, 4.69) is 26.2 Å². The highest BCUT2D eigenvalue weighted by atomic mass is 79.9. The lowest BCUT2D eigenvalue weighted by molar-refractivity contribution is 0.0701. The molecule has 21 heavy (non-hydrogen) atoms. The maximum Gasteiger partial charge on any atom is 0.347 e. The van der Waals surface area contributed by atoms with E-state index in [1.54, 1.807) is 19.1 Å². The summed E-state index contributed by atoms with van der Waals surface area (Å²) in [4.78, 5) is 27.3. The Hall–Kier alpha value is -1.73. The van der Waals surface area contributed by atoms with E-state index < -0.39 is 5.97 Å².